The minimum atomic E-state index is -3.51. The van der Waals surface area contributed by atoms with Crippen molar-refractivity contribution >= 4 is 51.7 Å². The summed E-state index contributed by atoms with van der Waals surface area (Å²) in [5.74, 6) is 1.95. The Morgan fingerprint density at radius 1 is 1.40 bits per heavy atom. The van der Waals surface area contributed by atoms with Gasteiger partial charge in [-0.25, -0.2) is 13.1 Å². The van der Waals surface area contributed by atoms with Crippen molar-refractivity contribution < 1.29 is 8.42 Å². The lowest BCUT2D eigenvalue weighted by molar-refractivity contribution is 0.580. The molecular formula is C15H26IN5O2S2. The second-order valence-electron chi connectivity index (χ2n) is 5.37. The van der Waals surface area contributed by atoms with Crippen molar-refractivity contribution in [1.29, 1.82) is 0 Å². The van der Waals surface area contributed by atoms with Crippen LogP contribution in [-0.2, 0) is 10.0 Å². The highest BCUT2D eigenvalue weighted by Gasteiger charge is 2.15. The van der Waals surface area contributed by atoms with Crippen LogP contribution in [0.15, 0.2) is 34.4 Å². The third-order valence-electron chi connectivity index (χ3n) is 3.48. The Morgan fingerprint density at radius 2 is 2.24 bits per heavy atom. The van der Waals surface area contributed by atoms with Crippen molar-refractivity contribution in [3.8, 4) is 0 Å². The van der Waals surface area contributed by atoms with E-state index in [1.54, 1.807) is 12.3 Å². The largest absolute Gasteiger partial charge is 0.357 e. The minimum absolute atomic E-state index is 0. The minimum Gasteiger partial charge on any atom is -0.357 e. The highest BCUT2D eigenvalue weighted by Crippen LogP contribution is 2.25. The first kappa shape index (κ1) is 22.5. The van der Waals surface area contributed by atoms with E-state index in [-0.39, 0.29) is 35.4 Å². The molecule has 1 fully saturated rings. The van der Waals surface area contributed by atoms with Crippen LogP contribution in [0.1, 0.15) is 19.8 Å². The second kappa shape index (κ2) is 11.9. The molecule has 1 aromatic heterocycles. The fraction of sp³-hybridized carbons (Fsp3) is 0.600. The molecule has 0 saturated carbocycles. The average molecular weight is 499 g/mol. The van der Waals surface area contributed by atoms with Crippen LogP contribution in [0.2, 0.25) is 0 Å². The highest BCUT2D eigenvalue weighted by atomic mass is 127. The predicted molar refractivity (Wildman–Crippen MR) is 114 cm³/mol. The number of aliphatic imine (C=N–C) groups is 1. The van der Waals surface area contributed by atoms with E-state index in [1.807, 2.05) is 18.7 Å². The number of halogens is 1. The van der Waals surface area contributed by atoms with Gasteiger partial charge in [0, 0.05) is 37.3 Å². The summed E-state index contributed by atoms with van der Waals surface area (Å²) in [5, 5.41) is 6.94. The first-order chi connectivity index (χ1) is 11.6. The van der Waals surface area contributed by atoms with E-state index in [4.69, 9.17) is 0 Å². The summed E-state index contributed by atoms with van der Waals surface area (Å²) in [4.78, 5) is 8.57. The lowest BCUT2D eigenvalue weighted by Gasteiger charge is -2.13. The van der Waals surface area contributed by atoms with Gasteiger partial charge in [0.15, 0.2) is 5.96 Å². The van der Waals surface area contributed by atoms with Crippen LogP contribution in [0.3, 0.4) is 0 Å². The first-order valence-corrected chi connectivity index (χ1v) is 10.7. The number of sulfonamides is 1. The summed E-state index contributed by atoms with van der Waals surface area (Å²) in [7, 11) is -3.51. The van der Waals surface area contributed by atoms with Crippen LogP contribution < -0.4 is 15.4 Å². The van der Waals surface area contributed by atoms with Gasteiger partial charge in [0.25, 0.3) is 0 Å². The number of nitrogens with zero attached hydrogens (tertiary/aromatic N) is 2. The smallest absolute Gasteiger partial charge is 0.242 e. The van der Waals surface area contributed by atoms with E-state index >= 15 is 0 Å². The fourth-order valence-electron chi connectivity index (χ4n) is 2.28. The van der Waals surface area contributed by atoms with Crippen LogP contribution in [-0.4, -0.2) is 56.5 Å². The van der Waals surface area contributed by atoms with Crippen LogP contribution in [0, 0.1) is 0 Å². The molecule has 2 rings (SSSR count). The van der Waals surface area contributed by atoms with Gasteiger partial charge in [-0.2, -0.15) is 11.8 Å². The second-order valence-corrected chi connectivity index (χ2v) is 8.54. The number of guanidine groups is 1. The first-order valence-electron chi connectivity index (χ1n) is 8.15. The number of rotatable bonds is 8. The number of hydrogen-bond acceptors (Lipinski definition) is 5. The van der Waals surface area contributed by atoms with Gasteiger partial charge in [0.05, 0.1) is 6.54 Å². The van der Waals surface area contributed by atoms with Crippen LogP contribution >= 0.6 is 35.7 Å². The zero-order valence-electron chi connectivity index (χ0n) is 14.3. The zero-order valence-corrected chi connectivity index (χ0v) is 18.2. The topological polar surface area (TPSA) is 95.5 Å². The standard InChI is InChI=1S/C15H25N5O2S2.HI/c1-2-17-15(19-11-13-5-4-10-23-13)18-8-9-20-24(21,22)14-6-3-7-16-12-14;/h3,6-7,12-13,20H,2,4-5,8-11H2,1H3,(H2,17,18,19);1H. The Balaban J connectivity index is 0.00000312. The van der Waals surface area contributed by atoms with Crippen molar-refractivity contribution in [2.45, 2.75) is 29.9 Å². The van der Waals surface area contributed by atoms with Gasteiger partial charge in [-0.1, -0.05) is 0 Å². The molecule has 1 atom stereocenters. The number of hydrogen-bond donors (Lipinski definition) is 3. The van der Waals surface area contributed by atoms with E-state index in [2.05, 4.69) is 25.3 Å². The Kier molecular flexibility index (Phi) is 10.7. The molecule has 142 valence electrons. The Morgan fingerprint density at radius 3 is 2.88 bits per heavy atom. The molecule has 1 aliphatic heterocycles. The predicted octanol–water partition coefficient (Wildman–Crippen LogP) is 1.43. The van der Waals surface area contributed by atoms with Crippen LogP contribution in [0.4, 0.5) is 0 Å². The van der Waals surface area contributed by atoms with Crippen molar-refractivity contribution in [1.82, 2.24) is 20.3 Å². The van der Waals surface area contributed by atoms with Gasteiger partial charge >= 0.3 is 0 Å². The van der Waals surface area contributed by atoms with Gasteiger partial charge in [-0.15, -0.1) is 24.0 Å². The van der Waals surface area contributed by atoms with Gasteiger partial charge in [-0.05, 0) is 37.7 Å². The van der Waals surface area contributed by atoms with Crippen molar-refractivity contribution in [2.75, 3.05) is 31.9 Å². The normalized spacial score (nSPS) is 17.8. The molecule has 0 radical (unpaired) electrons. The maximum Gasteiger partial charge on any atom is 0.242 e. The highest BCUT2D eigenvalue weighted by molar-refractivity contribution is 14.0. The molecule has 0 aromatic carbocycles. The van der Waals surface area contributed by atoms with Gasteiger partial charge in [-0.3, -0.25) is 9.98 Å². The summed E-state index contributed by atoms with van der Waals surface area (Å²) in [5.41, 5.74) is 0. The number of thioether (sulfide) groups is 1. The number of pyridine rings is 1. The summed E-state index contributed by atoms with van der Waals surface area (Å²) in [6.07, 6.45) is 5.37. The Bertz CT molecular complexity index is 622. The maximum atomic E-state index is 12.1. The molecule has 7 nitrogen and oxygen atoms in total. The molecule has 1 unspecified atom stereocenters. The molecular weight excluding hydrogens is 473 g/mol. The summed E-state index contributed by atoms with van der Waals surface area (Å²) in [6.45, 7) is 4.31. The number of nitrogens with one attached hydrogen (secondary N) is 3. The maximum absolute atomic E-state index is 12.1. The van der Waals surface area contributed by atoms with Crippen molar-refractivity contribution in [3.05, 3.63) is 24.5 Å². The van der Waals surface area contributed by atoms with Crippen LogP contribution in [0.25, 0.3) is 0 Å². The summed E-state index contributed by atoms with van der Waals surface area (Å²) in [6, 6.07) is 3.12. The molecule has 0 spiro atoms. The van der Waals surface area contributed by atoms with Gasteiger partial charge in [0.1, 0.15) is 4.90 Å². The van der Waals surface area contributed by atoms with Crippen molar-refractivity contribution in [2.24, 2.45) is 4.99 Å². The molecule has 2 heterocycles. The van der Waals surface area contributed by atoms with Crippen molar-refractivity contribution in [3.63, 3.8) is 0 Å². The lowest BCUT2D eigenvalue weighted by Crippen LogP contribution is -2.41. The van der Waals surface area contributed by atoms with E-state index in [1.165, 1.54) is 30.9 Å². The van der Waals surface area contributed by atoms with E-state index in [0.717, 1.165) is 19.0 Å². The molecule has 1 aromatic rings. The van der Waals surface area contributed by atoms with Crippen LogP contribution in [0.5, 0.6) is 0 Å². The van der Waals surface area contributed by atoms with E-state index in [0.29, 0.717) is 11.8 Å². The van der Waals surface area contributed by atoms with E-state index < -0.39 is 10.0 Å². The molecule has 0 amide bonds. The third kappa shape index (κ3) is 8.09. The summed E-state index contributed by atoms with van der Waals surface area (Å²) >= 11 is 1.97. The molecule has 1 aliphatic rings. The molecule has 0 aliphatic carbocycles. The lowest BCUT2D eigenvalue weighted by atomic mass is 10.2. The van der Waals surface area contributed by atoms with Gasteiger partial charge < -0.3 is 10.6 Å². The van der Waals surface area contributed by atoms with Gasteiger partial charge in [0.2, 0.25) is 10.0 Å². The Labute approximate surface area is 171 Å². The molecule has 0 bridgehead atoms. The summed E-state index contributed by atoms with van der Waals surface area (Å²) < 4.78 is 26.7. The van der Waals surface area contributed by atoms with E-state index in [9.17, 15) is 8.42 Å². The SMILES string of the molecule is CCNC(=NCC1CCCS1)NCCNS(=O)(=O)c1cccnc1.I. The number of aromatic nitrogens is 1. The monoisotopic (exact) mass is 499 g/mol. The fourth-order valence-corrected chi connectivity index (χ4v) is 4.45. The molecule has 1 saturated heterocycles. The third-order valence-corrected chi connectivity index (χ3v) is 6.30. The molecule has 25 heavy (non-hydrogen) atoms. The average Bonchev–Trinajstić information content (AvgIpc) is 3.11. The Hall–Kier alpha value is -0.590. The zero-order chi connectivity index (χ0) is 17.3. The quantitative estimate of drug-likeness (QED) is 0.217. The molecule has 10 heteroatoms. The molecule has 3 N–H and O–H groups in total.